The van der Waals surface area contributed by atoms with E-state index in [4.69, 9.17) is 11.6 Å². The Labute approximate surface area is 152 Å². The van der Waals surface area contributed by atoms with Crippen LogP contribution in [0.5, 0.6) is 0 Å². The molecule has 1 atom stereocenters. The molecule has 0 bridgehead atoms. The molecule has 0 amide bonds. The minimum absolute atomic E-state index is 0.115. The number of fused-ring (bicyclic) bond motifs is 1. The number of aryl methyl sites for hydroxylation is 1. The Morgan fingerprint density at radius 2 is 1.96 bits per heavy atom. The molecule has 4 nitrogen and oxygen atoms in total. The summed E-state index contributed by atoms with van der Waals surface area (Å²) < 4.78 is 28.6. The molecule has 0 saturated carbocycles. The van der Waals surface area contributed by atoms with Crippen LogP contribution in [0, 0.1) is 18.7 Å². The maximum absolute atomic E-state index is 15.0. The first kappa shape index (κ1) is 16.6. The fourth-order valence-corrected chi connectivity index (χ4v) is 3.21. The molecule has 3 heterocycles. The predicted octanol–water partition coefficient (Wildman–Crippen LogP) is 4.77. The quantitative estimate of drug-likeness (QED) is 0.528. The number of nitrogens with zero attached hydrogens (tertiary/aromatic N) is 3. The summed E-state index contributed by atoms with van der Waals surface area (Å²) in [6.45, 7) is 1.92. The molecule has 130 valence electrons. The van der Waals surface area contributed by atoms with Crippen molar-refractivity contribution >= 4 is 22.5 Å². The van der Waals surface area contributed by atoms with Crippen molar-refractivity contribution in [3.63, 3.8) is 0 Å². The smallest absolute Gasteiger partial charge is 0.214 e. The van der Waals surface area contributed by atoms with Gasteiger partial charge in [-0.3, -0.25) is 4.98 Å². The second-order valence-corrected chi connectivity index (χ2v) is 6.43. The number of aromatic nitrogens is 4. The number of halogens is 3. The molecular formula is C19H13ClF2N4. The van der Waals surface area contributed by atoms with Gasteiger partial charge in [-0.05, 0) is 30.7 Å². The Morgan fingerprint density at radius 3 is 2.65 bits per heavy atom. The van der Waals surface area contributed by atoms with Gasteiger partial charge in [-0.25, -0.2) is 14.4 Å². The largest absolute Gasteiger partial charge is 0.348 e. The third-order valence-corrected chi connectivity index (χ3v) is 4.53. The fraction of sp³-hybridized carbons (Fsp3) is 0.105. The van der Waals surface area contributed by atoms with Crippen LogP contribution in [0.25, 0.3) is 10.9 Å². The van der Waals surface area contributed by atoms with Crippen molar-refractivity contribution < 1.29 is 8.78 Å². The molecular weight excluding hydrogens is 358 g/mol. The van der Waals surface area contributed by atoms with Crippen LogP contribution in [0.1, 0.15) is 28.4 Å². The molecule has 26 heavy (non-hydrogen) atoms. The summed E-state index contributed by atoms with van der Waals surface area (Å²) in [5, 5.41) is 0.471. The zero-order chi connectivity index (χ0) is 18.3. The average Bonchev–Trinajstić information content (AvgIpc) is 3.12. The van der Waals surface area contributed by atoms with Crippen LogP contribution in [0.4, 0.5) is 8.78 Å². The van der Waals surface area contributed by atoms with Gasteiger partial charge in [0.05, 0.1) is 28.5 Å². The summed E-state index contributed by atoms with van der Waals surface area (Å²) in [4.78, 5) is 15.3. The molecule has 4 aromatic rings. The second kappa shape index (κ2) is 6.46. The second-order valence-electron chi connectivity index (χ2n) is 6.02. The number of aromatic amines is 1. The van der Waals surface area contributed by atoms with Crippen LogP contribution >= 0.6 is 11.6 Å². The van der Waals surface area contributed by atoms with Gasteiger partial charge in [0.2, 0.25) is 5.95 Å². The molecule has 0 spiro atoms. The maximum atomic E-state index is 15.0. The fourth-order valence-electron chi connectivity index (χ4n) is 2.97. The van der Waals surface area contributed by atoms with Crippen LogP contribution in [0.15, 0.2) is 49.1 Å². The molecule has 1 aromatic carbocycles. The monoisotopic (exact) mass is 370 g/mol. The van der Waals surface area contributed by atoms with Crippen LogP contribution in [-0.4, -0.2) is 19.9 Å². The van der Waals surface area contributed by atoms with Gasteiger partial charge < -0.3 is 4.98 Å². The summed E-state index contributed by atoms with van der Waals surface area (Å²) in [5.74, 6) is -1.73. The number of pyridine rings is 2. The van der Waals surface area contributed by atoms with Gasteiger partial charge in [0.15, 0.2) is 0 Å². The van der Waals surface area contributed by atoms with Crippen molar-refractivity contribution in [1.29, 1.82) is 0 Å². The number of imidazole rings is 1. The topological polar surface area (TPSA) is 54.5 Å². The summed E-state index contributed by atoms with van der Waals surface area (Å²) in [6, 6.07) is 7.58. The summed E-state index contributed by atoms with van der Waals surface area (Å²) in [7, 11) is 0. The normalized spacial score (nSPS) is 12.5. The Balaban J connectivity index is 1.96. The minimum Gasteiger partial charge on any atom is -0.348 e. The highest BCUT2D eigenvalue weighted by molar-refractivity contribution is 6.35. The highest BCUT2D eigenvalue weighted by atomic mass is 35.5. The molecule has 0 fully saturated rings. The van der Waals surface area contributed by atoms with Gasteiger partial charge in [-0.2, -0.15) is 4.39 Å². The Kier molecular flexibility index (Phi) is 4.12. The molecule has 0 saturated heterocycles. The number of nitrogens with one attached hydrogen (secondary N) is 1. The molecule has 0 aliphatic heterocycles. The van der Waals surface area contributed by atoms with E-state index < -0.39 is 17.7 Å². The van der Waals surface area contributed by atoms with Crippen molar-refractivity contribution in [1.82, 2.24) is 19.9 Å². The number of H-pyrrole nitrogens is 1. The third-order valence-electron chi connectivity index (χ3n) is 4.22. The molecule has 0 radical (unpaired) electrons. The first-order valence-electron chi connectivity index (χ1n) is 7.89. The van der Waals surface area contributed by atoms with Gasteiger partial charge in [0, 0.05) is 35.1 Å². The zero-order valence-corrected chi connectivity index (χ0v) is 14.4. The van der Waals surface area contributed by atoms with Crippen LogP contribution < -0.4 is 0 Å². The van der Waals surface area contributed by atoms with Crippen molar-refractivity contribution in [3.8, 4) is 0 Å². The SMILES string of the molecule is Cc1ccc(C(c2cnc[nH]2)c2cc3nc(F)cc(Cl)c3cc2F)nc1. The summed E-state index contributed by atoms with van der Waals surface area (Å²) in [6.07, 6.45) is 4.85. The van der Waals surface area contributed by atoms with Crippen LogP contribution in [-0.2, 0) is 0 Å². The van der Waals surface area contributed by atoms with Crippen molar-refractivity contribution in [2.45, 2.75) is 12.8 Å². The number of hydrogen-bond acceptors (Lipinski definition) is 3. The highest BCUT2D eigenvalue weighted by Gasteiger charge is 2.24. The molecule has 1 unspecified atom stereocenters. The van der Waals surface area contributed by atoms with E-state index in [2.05, 4.69) is 19.9 Å². The third kappa shape index (κ3) is 2.93. The van der Waals surface area contributed by atoms with Gasteiger partial charge in [-0.15, -0.1) is 0 Å². The van der Waals surface area contributed by atoms with Gasteiger partial charge in [-0.1, -0.05) is 17.7 Å². The highest BCUT2D eigenvalue weighted by Crippen LogP contribution is 2.34. The van der Waals surface area contributed by atoms with E-state index in [1.165, 1.54) is 18.5 Å². The van der Waals surface area contributed by atoms with Gasteiger partial charge in [0.25, 0.3) is 0 Å². The number of hydrogen-bond donors (Lipinski definition) is 1. The Hall–Kier alpha value is -2.86. The standard InChI is InChI=1S/C19H13ClF2N4/c1-10-2-3-15(24-7-10)19(17-8-23-9-25-17)12-5-16-11(4-14(12)21)13(20)6-18(22)26-16/h2-9,19H,1H3,(H,23,25). The van der Waals surface area contributed by atoms with Crippen molar-refractivity contribution in [2.24, 2.45) is 0 Å². The molecule has 4 rings (SSSR count). The molecule has 1 N–H and O–H groups in total. The van der Waals surface area contributed by atoms with Gasteiger partial charge in [0.1, 0.15) is 5.82 Å². The molecule has 0 aliphatic rings. The maximum Gasteiger partial charge on any atom is 0.214 e. The van der Waals surface area contributed by atoms with Gasteiger partial charge >= 0.3 is 0 Å². The van der Waals surface area contributed by atoms with E-state index >= 15 is 0 Å². The minimum atomic E-state index is -0.716. The van der Waals surface area contributed by atoms with E-state index in [9.17, 15) is 8.78 Å². The molecule has 7 heteroatoms. The van der Waals surface area contributed by atoms with Crippen LogP contribution in [0.3, 0.4) is 0 Å². The lowest BCUT2D eigenvalue weighted by atomic mass is 9.90. The average molecular weight is 371 g/mol. The Bertz CT molecular complexity index is 1080. The van der Waals surface area contributed by atoms with E-state index in [-0.39, 0.29) is 10.5 Å². The van der Waals surface area contributed by atoms with E-state index in [1.807, 2.05) is 19.1 Å². The van der Waals surface area contributed by atoms with Crippen molar-refractivity contribution in [2.75, 3.05) is 0 Å². The van der Waals surface area contributed by atoms with Crippen LogP contribution in [0.2, 0.25) is 5.02 Å². The first-order valence-corrected chi connectivity index (χ1v) is 8.27. The lowest BCUT2D eigenvalue weighted by Gasteiger charge is -2.17. The lowest BCUT2D eigenvalue weighted by molar-refractivity contribution is 0.587. The van der Waals surface area contributed by atoms with E-state index in [0.29, 0.717) is 22.3 Å². The summed E-state index contributed by atoms with van der Waals surface area (Å²) in [5.41, 5.74) is 2.89. The predicted molar refractivity (Wildman–Crippen MR) is 95.2 cm³/mol. The van der Waals surface area contributed by atoms with Crippen molar-refractivity contribution in [3.05, 3.63) is 88.4 Å². The first-order chi connectivity index (χ1) is 12.5. The Morgan fingerprint density at radius 1 is 1.12 bits per heavy atom. The lowest BCUT2D eigenvalue weighted by Crippen LogP contribution is -2.09. The molecule has 3 aromatic heterocycles. The zero-order valence-electron chi connectivity index (χ0n) is 13.7. The number of benzene rings is 1. The summed E-state index contributed by atoms with van der Waals surface area (Å²) >= 11 is 6.03. The van der Waals surface area contributed by atoms with E-state index in [1.54, 1.807) is 12.4 Å². The number of rotatable bonds is 3. The molecule has 0 aliphatic carbocycles. The van der Waals surface area contributed by atoms with E-state index in [0.717, 1.165) is 11.6 Å².